The summed E-state index contributed by atoms with van der Waals surface area (Å²) >= 11 is 0. The molecule has 0 saturated heterocycles. The average Bonchev–Trinajstić information content (AvgIpc) is 2.84. The van der Waals surface area contributed by atoms with Crippen molar-refractivity contribution in [3.05, 3.63) is 94.3 Å². The van der Waals surface area contributed by atoms with Crippen molar-refractivity contribution in [3.63, 3.8) is 0 Å². The molecule has 0 aliphatic rings. The van der Waals surface area contributed by atoms with Gasteiger partial charge in [-0.25, -0.2) is 0 Å². The zero-order valence-electron chi connectivity index (χ0n) is 18.5. The summed E-state index contributed by atoms with van der Waals surface area (Å²) in [5.74, 6) is 0.190. The van der Waals surface area contributed by atoms with Gasteiger partial charge in [0.15, 0.2) is 6.61 Å². The highest BCUT2D eigenvalue weighted by molar-refractivity contribution is 5.92. The summed E-state index contributed by atoms with van der Waals surface area (Å²) in [4.78, 5) is 25.0. The van der Waals surface area contributed by atoms with Gasteiger partial charge in [-0.1, -0.05) is 31.2 Å². The molecule has 0 spiro atoms. The smallest absolute Gasteiger partial charge is 0.416 e. The molecule has 0 radical (unpaired) electrons. The summed E-state index contributed by atoms with van der Waals surface area (Å²) in [6, 6.07) is 16.1. The summed E-state index contributed by atoms with van der Waals surface area (Å²) in [6.07, 6.45) is -2.57. The molecule has 4 aromatic rings. The minimum Gasteiger partial charge on any atom is -0.484 e. The van der Waals surface area contributed by atoms with E-state index >= 15 is 0 Å². The molecule has 0 unspecified atom stereocenters. The van der Waals surface area contributed by atoms with E-state index in [9.17, 15) is 22.8 Å². The first-order valence-corrected chi connectivity index (χ1v) is 10.7. The number of fused-ring (bicyclic) bond motifs is 1. The number of nitrogens with one attached hydrogen (secondary N) is 1. The highest BCUT2D eigenvalue weighted by Gasteiger charge is 2.30. The van der Waals surface area contributed by atoms with E-state index in [1.807, 2.05) is 25.1 Å². The molecule has 0 atom stereocenters. The molecule has 0 fully saturated rings. The maximum Gasteiger partial charge on any atom is 0.416 e. The standard InChI is InChI=1S/C26H20F3NO5/c1-2-16-6-3-4-9-21(16)35-23-14-34-22-13-19(10-11-20(22)25(23)32)33-15-24(31)30-18-8-5-7-17(12-18)26(27,28)29/h3-14H,2,15H2,1H3,(H,30,31). The topological polar surface area (TPSA) is 77.8 Å². The lowest BCUT2D eigenvalue weighted by Gasteiger charge is -2.11. The van der Waals surface area contributed by atoms with Crippen LogP contribution in [0.2, 0.25) is 0 Å². The van der Waals surface area contributed by atoms with Crippen molar-refractivity contribution in [3.8, 4) is 17.2 Å². The third kappa shape index (κ3) is 5.63. The Kier molecular flexibility index (Phi) is 6.77. The number of benzene rings is 3. The van der Waals surface area contributed by atoms with Crippen molar-refractivity contribution in [2.24, 2.45) is 0 Å². The number of alkyl halides is 3. The van der Waals surface area contributed by atoms with Gasteiger partial charge in [0, 0.05) is 11.8 Å². The molecule has 3 aromatic carbocycles. The number of halogens is 3. The van der Waals surface area contributed by atoms with E-state index in [0.717, 1.165) is 24.1 Å². The van der Waals surface area contributed by atoms with Crippen LogP contribution in [0.25, 0.3) is 11.0 Å². The highest BCUT2D eigenvalue weighted by Crippen LogP contribution is 2.31. The number of amides is 1. The Morgan fingerprint density at radius 2 is 1.80 bits per heavy atom. The number of aryl methyl sites for hydroxylation is 1. The normalized spacial score (nSPS) is 11.3. The first-order chi connectivity index (χ1) is 16.7. The lowest BCUT2D eigenvalue weighted by atomic mass is 10.1. The number of ether oxygens (including phenoxy) is 2. The Morgan fingerprint density at radius 1 is 1.00 bits per heavy atom. The molecule has 0 aliphatic heterocycles. The van der Waals surface area contributed by atoms with Crippen LogP contribution < -0.4 is 20.2 Å². The number of hydrogen-bond donors (Lipinski definition) is 1. The van der Waals surface area contributed by atoms with Crippen LogP contribution in [0.5, 0.6) is 17.2 Å². The van der Waals surface area contributed by atoms with Crippen molar-refractivity contribution < 1.29 is 31.9 Å². The van der Waals surface area contributed by atoms with Gasteiger partial charge in [-0.2, -0.15) is 13.2 Å². The summed E-state index contributed by atoms with van der Waals surface area (Å²) in [7, 11) is 0. The van der Waals surface area contributed by atoms with E-state index in [4.69, 9.17) is 13.9 Å². The van der Waals surface area contributed by atoms with Crippen LogP contribution in [-0.2, 0) is 17.4 Å². The zero-order chi connectivity index (χ0) is 25.0. The van der Waals surface area contributed by atoms with Gasteiger partial charge in [0.2, 0.25) is 11.2 Å². The summed E-state index contributed by atoms with van der Waals surface area (Å²) in [5.41, 5.74) is -0.0792. The van der Waals surface area contributed by atoms with Crippen LogP contribution in [0, 0.1) is 0 Å². The van der Waals surface area contributed by atoms with Crippen molar-refractivity contribution in [1.82, 2.24) is 0 Å². The van der Waals surface area contributed by atoms with Gasteiger partial charge < -0.3 is 19.2 Å². The molecule has 0 bridgehead atoms. The van der Waals surface area contributed by atoms with Crippen molar-refractivity contribution in [2.75, 3.05) is 11.9 Å². The molecule has 4 rings (SSSR count). The average molecular weight is 483 g/mol. The minimum absolute atomic E-state index is 0.00453. The van der Waals surface area contributed by atoms with Gasteiger partial charge in [0.1, 0.15) is 23.3 Å². The molecule has 1 amide bonds. The zero-order valence-corrected chi connectivity index (χ0v) is 18.5. The number of carbonyl (C=O) groups is 1. The monoisotopic (exact) mass is 483 g/mol. The molecule has 0 saturated carbocycles. The fourth-order valence-electron chi connectivity index (χ4n) is 3.38. The Morgan fingerprint density at radius 3 is 2.57 bits per heavy atom. The van der Waals surface area contributed by atoms with Crippen molar-refractivity contribution in [1.29, 1.82) is 0 Å². The van der Waals surface area contributed by atoms with Crippen LogP contribution in [0.1, 0.15) is 18.1 Å². The highest BCUT2D eigenvalue weighted by atomic mass is 19.4. The molecule has 35 heavy (non-hydrogen) atoms. The Hall–Kier alpha value is -4.27. The fourth-order valence-corrected chi connectivity index (χ4v) is 3.38. The quantitative estimate of drug-likeness (QED) is 0.340. The van der Waals surface area contributed by atoms with Crippen LogP contribution in [0.3, 0.4) is 0 Å². The molecule has 0 aliphatic carbocycles. The lowest BCUT2D eigenvalue weighted by molar-refractivity contribution is -0.137. The molecule has 6 nitrogen and oxygen atoms in total. The molecule has 1 aromatic heterocycles. The molecule has 9 heteroatoms. The summed E-state index contributed by atoms with van der Waals surface area (Å²) in [5, 5.41) is 2.62. The second-order valence-corrected chi connectivity index (χ2v) is 7.57. The van der Waals surface area contributed by atoms with Crippen LogP contribution in [0.15, 0.2) is 82.2 Å². The van der Waals surface area contributed by atoms with Gasteiger partial charge in [-0.05, 0) is 48.4 Å². The van der Waals surface area contributed by atoms with E-state index < -0.39 is 24.3 Å². The molecule has 1 heterocycles. The number of carbonyl (C=O) groups excluding carboxylic acids is 1. The maximum absolute atomic E-state index is 12.8. The van der Waals surface area contributed by atoms with E-state index in [-0.39, 0.29) is 33.6 Å². The molecule has 180 valence electrons. The Bertz CT molecular complexity index is 1430. The maximum atomic E-state index is 12.8. The third-order valence-corrected chi connectivity index (χ3v) is 5.13. The van der Waals surface area contributed by atoms with Gasteiger partial charge in [-0.3, -0.25) is 9.59 Å². The van der Waals surface area contributed by atoms with Crippen LogP contribution in [0.4, 0.5) is 18.9 Å². The lowest BCUT2D eigenvalue weighted by Crippen LogP contribution is -2.20. The van der Waals surface area contributed by atoms with E-state index in [1.54, 1.807) is 6.07 Å². The first kappa shape index (κ1) is 23.9. The van der Waals surface area contributed by atoms with Gasteiger partial charge in [-0.15, -0.1) is 0 Å². The van der Waals surface area contributed by atoms with Gasteiger partial charge in [0.25, 0.3) is 5.91 Å². The van der Waals surface area contributed by atoms with Crippen LogP contribution >= 0.6 is 0 Å². The fraction of sp³-hybridized carbons (Fsp3) is 0.154. The molecule has 1 N–H and O–H groups in total. The SMILES string of the molecule is CCc1ccccc1Oc1coc2cc(OCC(=O)Nc3cccc(C(F)(F)F)c3)ccc2c1=O. The Balaban J connectivity index is 1.44. The number of rotatable bonds is 7. The largest absolute Gasteiger partial charge is 0.484 e. The Labute approximate surface area is 197 Å². The van der Waals surface area contributed by atoms with E-state index in [2.05, 4.69) is 5.32 Å². The summed E-state index contributed by atoms with van der Waals surface area (Å²) < 4.78 is 55.2. The predicted molar refractivity (Wildman–Crippen MR) is 124 cm³/mol. The van der Waals surface area contributed by atoms with E-state index in [0.29, 0.717) is 5.75 Å². The van der Waals surface area contributed by atoms with Crippen molar-refractivity contribution >= 4 is 22.6 Å². The molecular weight excluding hydrogens is 463 g/mol. The van der Waals surface area contributed by atoms with Gasteiger partial charge >= 0.3 is 6.18 Å². The second-order valence-electron chi connectivity index (χ2n) is 7.57. The second kappa shape index (κ2) is 9.92. The molecular formula is C26H20F3NO5. The van der Waals surface area contributed by atoms with Crippen LogP contribution in [-0.4, -0.2) is 12.5 Å². The summed E-state index contributed by atoms with van der Waals surface area (Å²) in [6.45, 7) is 1.52. The van der Waals surface area contributed by atoms with E-state index in [1.165, 1.54) is 36.6 Å². The predicted octanol–water partition coefficient (Wildman–Crippen LogP) is 6.18. The number of hydrogen-bond acceptors (Lipinski definition) is 5. The van der Waals surface area contributed by atoms with Gasteiger partial charge in [0.05, 0.1) is 10.9 Å². The van der Waals surface area contributed by atoms with Crippen molar-refractivity contribution in [2.45, 2.75) is 19.5 Å². The minimum atomic E-state index is -4.52. The third-order valence-electron chi connectivity index (χ3n) is 5.13. The first-order valence-electron chi connectivity index (χ1n) is 10.7. The number of para-hydroxylation sites is 1. The number of anilines is 1.